The van der Waals surface area contributed by atoms with Crippen LogP contribution in [0.2, 0.25) is 0 Å². The Morgan fingerprint density at radius 2 is 1.79 bits per heavy atom. The molecule has 33 heavy (non-hydrogen) atoms. The summed E-state index contributed by atoms with van der Waals surface area (Å²) < 4.78 is 15.6. The van der Waals surface area contributed by atoms with E-state index in [4.69, 9.17) is 14.0 Å². The summed E-state index contributed by atoms with van der Waals surface area (Å²) in [5.41, 5.74) is 1.27. The van der Waals surface area contributed by atoms with Crippen molar-refractivity contribution in [2.24, 2.45) is 0 Å². The van der Waals surface area contributed by atoms with Gasteiger partial charge < -0.3 is 19.3 Å². The second kappa shape index (κ2) is 11.5. The fourth-order valence-corrected chi connectivity index (χ4v) is 3.79. The Balaban J connectivity index is 1.67. The molecule has 0 aliphatic rings. The van der Waals surface area contributed by atoms with E-state index >= 15 is 0 Å². The van der Waals surface area contributed by atoms with Crippen LogP contribution in [0.3, 0.4) is 0 Å². The maximum Gasteiger partial charge on any atom is 0.308 e. The van der Waals surface area contributed by atoms with Gasteiger partial charge in [0.05, 0.1) is 31.4 Å². The molecule has 1 atom stereocenters. The number of methoxy groups -OCH3 is 1. The summed E-state index contributed by atoms with van der Waals surface area (Å²) in [6, 6.07) is 13.9. The fraction of sp³-hybridized carbons (Fsp3) is 0.333. The van der Waals surface area contributed by atoms with Gasteiger partial charge in [-0.15, -0.1) is 11.8 Å². The van der Waals surface area contributed by atoms with Crippen molar-refractivity contribution in [3.8, 4) is 5.75 Å². The predicted molar refractivity (Wildman–Crippen MR) is 124 cm³/mol. The first-order valence-corrected chi connectivity index (χ1v) is 11.5. The number of aryl methyl sites for hydroxylation is 1. The molecule has 0 aliphatic heterocycles. The van der Waals surface area contributed by atoms with Crippen LogP contribution >= 0.6 is 11.8 Å². The summed E-state index contributed by atoms with van der Waals surface area (Å²) in [5, 5.41) is 6.72. The Kier molecular flexibility index (Phi) is 8.48. The Bertz CT molecular complexity index is 1060. The average molecular weight is 470 g/mol. The van der Waals surface area contributed by atoms with E-state index in [0.29, 0.717) is 28.8 Å². The Labute approximate surface area is 197 Å². The standard InChI is InChI=1S/C24H27N3O5S/c1-15(2)31-23(28)13-21(17-5-9-19(30-4)10-6-17)26-24(29)18-7-11-20(12-8-18)33-14-22-25-16(3)27-32-22/h5-12,15,21H,13-14H2,1-4H3,(H,26,29)/t21-/m1/s1. The van der Waals surface area contributed by atoms with E-state index in [9.17, 15) is 9.59 Å². The molecule has 0 radical (unpaired) electrons. The molecule has 1 amide bonds. The number of hydrogen-bond acceptors (Lipinski definition) is 8. The smallest absolute Gasteiger partial charge is 0.308 e. The molecule has 0 spiro atoms. The van der Waals surface area contributed by atoms with Crippen molar-refractivity contribution in [3.05, 3.63) is 71.4 Å². The zero-order valence-corrected chi connectivity index (χ0v) is 19.8. The third-order valence-corrected chi connectivity index (χ3v) is 5.61. The van der Waals surface area contributed by atoms with E-state index < -0.39 is 6.04 Å². The first-order valence-electron chi connectivity index (χ1n) is 10.5. The number of carbonyl (C=O) groups excluding carboxylic acids is 2. The number of hydrogen-bond donors (Lipinski definition) is 1. The first kappa shape index (κ1) is 24.3. The van der Waals surface area contributed by atoms with Crippen molar-refractivity contribution >= 4 is 23.6 Å². The van der Waals surface area contributed by atoms with E-state index in [1.165, 1.54) is 11.8 Å². The van der Waals surface area contributed by atoms with Crippen LogP contribution in [0.5, 0.6) is 5.75 Å². The maximum absolute atomic E-state index is 12.9. The summed E-state index contributed by atoms with van der Waals surface area (Å²) in [6.07, 6.45) is -0.209. The Morgan fingerprint density at radius 3 is 2.36 bits per heavy atom. The van der Waals surface area contributed by atoms with Crippen LogP contribution in [0.25, 0.3) is 0 Å². The molecule has 0 bridgehead atoms. The van der Waals surface area contributed by atoms with Crippen LogP contribution in [0.15, 0.2) is 57.9 Å². The highest BCUT2D eigenvalue weighted by molar-refractivity contribution is 7.98. The lowest BCUT2D eigenvalue weighted by Crippen LogP contribution is -2.31. The molecule has 3 rings (SSSR count). The summed E-state index contributed by atoms with van der Waals surface area (Å²) in [5.74, 6) is 1.73. The molecule has 8 nitrogen and oxygen atoms in total. The minimum Gasteiger partial charge on any atom is -0.497 e. The second-order valence-corrected chi connectivity index (χ2v) is 8.64. The number of esters is 1. The number of thioether (sulfide) groups is 1. The van der Waals surface area contributed by atoms with E-state index in [0.717, 1.165) is 10.5 Å². The number of rotatable bonds is 10. The monoisotopic (exact) mass is 469 g/mol. The van der Waals surface area contributed by atoms with Gasteiger partial charge in [-0.3, -0.25) is 9.59 Å². The van der Waals surface area contributed by atoms with Crippen molar-refractivity contribution in [3.63, 3.8) is 0 Å². The third-order valence-electron chi connectivity index (χ3n) is 4.61. The largest absolute Gasteiger partial charge is 0.497 e. The molecule has 0 unspecified atom stereocenters. The second-order valence-electron chi connectivity index (χ2n) is 7.59. The number of nitrogens with one attached hydrogen (secondary N) is 1. The SMILES string of the molecule is COc1ccc([C@@H](CC(=O)OC(C)C)NC(=O)c2ccc(SCc3nc(C)no3)cc2)cc1. The third kappa shape index (κ3) is 7.35. The molecule has 3 aromatic rings. The number of carbonyl (C=O) groups is 2. The molecule has 1 aromatic heterocycles. The molecular weight excluding hydrogens is 442 g/mol. The van der Waals surface area contributed by atoms with Crippen LogP contribution in [-0.2, 0) is 15.3 Å². The molecule has 174 valence electrons. The summed E-state index contributed by atoms with van der Waals surface area (Å²) in [6.45, 7) is 5.35. The van der Waals surface area contributed by atoms with Crippen molar-refractivity contribution in [2.75, 3.05) is 7.11 Å². The van der Waals surface area contributed by atoms with Gasteiger partial charge in [0.15, 0.2) is 5.82 Å². The average Bonchev–Trinajstić information content (AvgIpc) is 3.22. The van der Waals surface area contributed by atoms with Crippen molar-refractivity contribution < 1.29 is 23.6 Å². The summed E-state index contributed by atoms with van der Waals surface area (Å²) in [4.78, 5) is 30.4. The minimum absolute atomic E-state index is 0.0216. The number of aromatic nitrogens is 2. The van der Waals surface area contributed by atoms with Crippen LogP contribution in [0.4, 0.5) is 0 Å². The normalized spacial score (nSPS) is 11.8. The van der Waals surface area contributed by atoms with Gasteiger partial charge in [0, 0.05) is 10.5 Å². The van der Waals surface area contributed by atoms with Gasteiger partial charge in [-0.1, -0.05) is 17.3 Å². The number of benzene rings is 2. The molecular formula is C24H27N3O5S. The van der Waals surface area contributed by atoms with E-state index in [-0.39, 0.29) is 24.4 Å². The first-order chi connectivity index (χ1) is 15.8. The van der Waals surface area contributed by atoms with Crippen molar-refractivity contribution in [1.82, 2.24) is 15.5 Å². The van der Waals surface area contributed by atoms with Crippen LogP contribution < -0.4 is 10.1 Å². The van der Waals surface area contributed by atoms with Gasteiger partial charge in [-0.25, -0.2) is 0 Å². The highest BCUT2D eigenvalue weighted by Crippen LogP contribution is 2.24. The van der Waals surface area contributed by atoms with Crippen LogP contribution in [0, 0.1) is 6.92 Å². The molecule has 0 fully saturated rings. The van der Waals surface area contributed by atoms with E-state index in [1.54, 1.807) is 52.1 Å². The molecule has 0 saturated carbocycles. The zero-order chi connectivity index (χ0) is 23.8. The van der Waals surface area contributed by atoms with Crippen LogP contribution in [-0.4, -0.2) is 35.2 Å². The topological polar surface area (TPSA) is 104 Å². The highest BCUT2D eigenvalue weighted by Gasteiger charge is 2.21. The predicted octanol–water partition coefficient (Wildman–Crippen LogP) is 4.49. The zero-order valence-electron chi connectivity index (χ0n) is 19.0. The van der Waals surface area contributed by atoms with Gasteiger partial charge in [0.1, 0.15) is 5.75 Å². The Hall–Kier alpha value is -3.33. The number of nitrogens with zero attached hydrogens (tertiary/aromatic N) is 2. The minimum atomic E-state index is -0.538. The summed E-state index contributed by atoms with van der Waals surface area (Å²) in [7, 11) is 1.58. The van der Waals surface area contributed by atoms with E-state index in [1.807, 2.05) is 24.3 Å². The lowest BCUT2D eigenvalue weighted by atomic mass is 10.0. The van der Waals surface area contributed by atoms with Gasteiger partial charge in [-0.2, -0.15) is 4.98 Å². The van der Waals surface area contributed by atoms with Crippen molar-refractivity contribution in [2.45, 2.75) is 50.0 Å². The maximum atomic E-state index is 12.9. The molecule has 9 heteroatoms. The molecule has 1 N–H and O–H groups in total. The van der Waals surface area contributed by atoms with Gasteiger partial charge >= 0.3 is 5.97 Å². The molecule has 0 aliphatic carbocycles. The molecule has 2 aromatic carbocycles. The molecule has 0 saturated heterocycles. The van der Waals surface area contributed by atoms with E-state index in [2.05, 4.69) is 15.5 Å². The van der Waals surface area contributed by atoms with Gasteiger partial charge in [0.2, 0.25) is 5.89 Å². The van der Waals surface area contributed by atoms with Gasteiger partial charge in [0.25, 0.3) is 5.91 Å². The number of amides is 1. The molecule has 1 heterocycles. The fourth-order valence-electron chi connectivity index (χ4n) is 3.05. The highest BCUT2D eigenvalue weighted by atomic mass is 32.2. The summed E-state index contributed by atoms with van der Waals surface area (Å²) >= 11 is 1.53. The lowest BCUT2D eigenvalue weighted by Gasteiger charge is -2.20. The van der Waals surface area contributed by atoms with Crippen LogP contribution in [0.1, 0.15) is 53.9 Å². The quantitative estimate of drug-likeness (QED) is 0.342. The van der Waals surface area contributed by atoms with Crippen molar-refractivity contribution in [1.29, 1.82) is 0 Å². The Morgan fingerprint density at radius 1 is 1.09 bits per heavy atom. The number of ether oxygens (including phenoxy) is 2. The van der Waals surface area contributed by atoms with Gasteiger partial charge in [-0.05, 0) is 62.7 Å². The lowest BCUT2D eigenvalue weighted by molar-refractivity contribution is -0.147.